The van der Waals surface area contributed by atoms with Gasteiger partial charge in [0.05, 0.1) is 17.1 Å². The van der Waals surface area contributed by atoms with Crippen molar-refractivity contribution in [3.05, 3.63) is 77.4 Å². The number of hydrogen-bond acceptors (Lipinski definition) is 5. The van der Waals surface area contributed by atoms with Crippen LogP contribution in [-0.2, 0) is 29.6 Å². The summed E-state index contributed by atoms with van der Waals surface area (Å²) in [6, 6.07) is 14.0. The first-order valence-electron chi connectivity index (χ1n) is 11.0. The van der Waals surface area contributed by atoms with Crippen molar-refractivity contribution < 1.29 is 13.9 Å². The lowest BCUT2D eigenvalue weighted by molar-refractivity contribution is -0.137. The molecule has 1 aliphatic heterocycles. The molecule has 8 nitrogen and oxygen atoms in total. The topological polar surface area (TPSA) is 88.9 Å². The Hall–Kier alpha value is -3.59. The van der Waals surface area contributed by atoms with Crippen LogP contribution in [0.1, 0.15) is 41.9 Å². The molecule has 9 heteroatoms. The number of aryl methyl sites for hydroxylation is 1. The highest BCUT2D eigenvalue weighted by Gasteiger charge is 2.32. The number of imidazole rings is 1. The molecule has 4 aromatic rings. The maximum Gasteiger partial charge on any atom is 0.249 e. The average Bonchev–Trinajstić information content (AvgIpc) is 3.55. The molecule has 1 atom stereocenters. The van der Waals surface area contributed by atoms with E-state index in [2.05, 4.69) is 20.2 Å². The Balaban J connectivity index is 1.19. The van der Waals surface area contributed by atoms with Gasteiger partial charge in [-0.3, -0.25) is 9.89 Å². The number of benzene rings is 2. The van der Waals surface area contributed by atoms with E-state index in [1.54, 1.807) is 17.0 Å². The monoisotopic (exact) mass is 448 g/mol. The Morgan fingerprint density at radius 2 is 2.00 bits per heavy atom. The number of nitrogens with zero attached hydrogens (tertiary/aromatic N) is 5. The van der Waals surface area contributed by atoms with Gasteiger partial charge < -0.3 is 14.2 Å². The molecule has 1 amide bonds. The summed E-state index contributed by atoms with van der Waals surface area (Å²) in [5, 5.41) is 7.30. The fourth-order valence-electron chi connectivity index (χ4n) is 4.30. The zero-order valence-electron chi connectivity index (χ0n) is 18.4. The zero-order valence-corrected chi connectivity index (χ0v) is 18.4. The van der Waals surface area contributed by atoms with Crippen LogP contribution in [0, 0.1) is 5.82 Å². The third-order valence-corrected chi connectivity index (χ3v) is 6.04. The van der Waals surface area contributed by atoms with Crippen LogP contribution in [0.5, 0.6) is 0 Å². The van der Waals surface area contributed by atoms with Crippen LogP contribution in [0.4, 0.5) is 4.39 Å². The number of ether oxygens (including phenoxy) is 1. The number of amides is 1. The lowest BCUT2D eigenvalue weighted by Gasteiger charge is -2.22. The van der Waals surface area contributed by atoms with Gasteiger partial charge in [-0.25, -0.2) is 14.4 Å². The summed E-state index contributed by atoms with van der Waals surface area (Å²) < 4.78 is 20.8. The summed E-state index contributed by atoms with van der Waals surface area (Å²) in [5.41, 5.74) is 2.88. The normalized spacial score (nSPS) is 16.1. The van der Waals surface area contributed by atoms with Crippen LogP contribution >= 0.6 is 0 Å². The SMILES string of the molecule is Cn1c(COCC(=O)N2CCC[C@@H]2c2n[nH]c(Cc3ccc(F)cc3)n2)nc2ccccc21. The van der Waals surface area contributed by atoms with Crippen molar-refractivity contribution in [3.8, 4) is 0 Å². The van der Waals surface area contributed by atoms with E-state index in [1.807, 2.05) is 35.9 Å². The van der Waals surface area contributed by atoms with Crippen LogP contribution in [0.25, 0.3) is 11.0 Å². The minimum atomic E-state index is -0.268. The van der Waals surface area contributed by atoms with Gasteiger partial charge in [-0.1, -0.05) is 24.3 Å². The molecule has 3 heterocycles. The molecule has 1 fully saturated rings. The van der Waals surface area contributed by atoms with Gasteiger partial charge in [-0.2, -0.15) is 5.10 Å². The highest BCUT2D eigenvalue weighted by atomic mass is 19.1. The lowest BCUT2D eigenvalue weighted by Crippen LogP contribution is -2.34. The molecular formula is C24H25FN6O2. The number of H-pyrrole nitrogens is 1. The Bertz CT molecular complexity index is 1270. The second kappa shape index (κ2) is 9.11. The van der Waals surface area contributed by atoms with Crippen molar-refractivity contribution in [2.24, 2.45) is 7.05 Å². The van der Waals surface area contributed by atoms with Crippen LogP contribution in [0.2, 0.25) is 0 Å². The van der Waals surface area contributed by atoms with Crippen LogP contribution < -0.4 is 0 Å². The largest absolute Gasteiger partial charge is 0.364 e. The first-order chi connectivity index (χ1) is 16.1. The minimum absolute atomic E-state index is 0.0213. The van der Waals surface area contributed by atoms with Crippen LogP contribution in [-0.4, -0.2) is 48.7 Å². The molecule has 0 saturated carbocycles. The second-order valence-corrected chi connectivity index (χ2v) is 8.26. The van der Waals surface area contributed by atoms with E-state index >= 15 is 0 Å². The summed E-state index contributed by atoms with van der Waals surface area (Å²) in [6.07, 6.45) is 2.22. The maximum atomic E-state index is 13.1. The van der Waals surface area contributed by atoms with Crippen LogP contribution in [0.3, 0.4) is 0 Å². The quantitative estimate of drug-likeness (QED) is 0.469. The number of aromatic nitrogens is 5. The third kappa shape index (κ3) is 4.49. The first kappa shape index (κ1) is 21.3. The number of likely N-dealkylation sites (tertiary alicyclic amines) is 1. The molecule has 0 bridgehead atoms. The van der Waals surface area contributed by atoms with Gasteiger partial charge in [0, 0.05) is 20.0 Å². The number of nitrogens with one attached hydrogen (secondary N) is 1. The number of carbonyl (C=O) groups excluding carboxylic acids is 1. The van der Waals surface area contributed by atoms with Crippen molar-refractivity contribution >= 4 is 16.9 Å². The van der Waals surface area contributed by atoms with E-state index in [1.165, 1.54) is 12.1 Å². The molecule has 0 aliphatic carbocycles. The van der Waals surface area contributed by atoms with E-state index in [0.29, 0.717) is 24.6 Å². The first-order valence-corrected chi connectivity index (χ1v) is 11.0. The Morgan fingerprint density at radius 1 is 1.18 bits per heavy atom. The van der Waals surface area contributed by atoms with Crippen molar-refractivity contribution in [2.45, 2.75) is 31.9 Å². The molecule has 0 spiro atoms. The summed E-state index contributed by atoms with van der Waals surface area (Å²) in [7, 11) is 1.94. The number of aromatic amines is 1. The number of para-hydroxylation sites is 2. The summed E-state index contributed by atoms with van der Waals surface area (Å²) >= 11 is 0. The molecule has 1 N–H and O–H groups in total. The predicted octanol–water partition coefficient (Wildman–Crippen LogP) is 3.30. The molecular weight excluding hydrogens is 423 g/mol. The van der Waals surface area contributed by atoms with Gasteiger partial charge in [0.15, 0.2) is 5.82 Å². The third-order valence-electron chi connectivity index (χ3n) is 6.04. The molecule has 1 aliphatic rings. The Kier molecular flexibility index (Phi) is 5.87. The number of halogens is 1. The molecule has 170 valence electrons. The van der Waals surface area contributed by atoms with Gasteiger partial charge in [-0.05, 0) is 42.7 Å². The molecule has 2 aromatic carbocycles. The second-order valence-electron chi connectivity index (χ2n) is 8.26. The molecule has 0 unspecified atom stereocenters. The van der Waals surface area contributed by atoms with Crippen molar-refractivity contribution in [1.82, 2.24) is 29.6 Å². The predicted molar refractivity (Wildman–Crippen MR) is 120 cm³/mol. The molecule has 0 radical (unpaired) electrons. The molecule has 1 saturated heterocycles. The molecule has 2 aromatic heterocycles. The maximum absolute atomic E-state index is 13.1. The van der Waals surface area contributed by atoms with Gasteiger partial charge in [-0.15, -0.1) is 0 Å². The fraction of sp³-hybridized carbons (Fsp3) is 0.333. The highest BCUT2D eigenvalue weighted by molar-refractivity contribution is 5.78. The van der Waals surface area contributed by atoms with Crippen molar-refractivity contribution in [2.75, 3.05) is 13.2 Å². The van der Waals surface area contributed by atoms with Crippen LogP contribution in [0.15, 0.2) is 48.5 Å². The van der Waals surface area contributed by atoms with Gasteiger partial charge in [0.25, 0.3) is 0 Å². The van der Waals surface area contributed by atoms with E-state index in [4.69, 9.17) is 4.74 Å². The summed E-state index contributed by atoms with van der Waals surface area (Å²) in [6.45, 7) is 0.894. The standard InChI is InChI=1S/C24H25FN6O2/c1-30-19-6-3-2-5-18(19)26-22(30)14-33-15-23(32)31-12-4-7-20(31)24-27-21(28-29-24)13-16-8-10-17(25)11-9-16/h2-3,5-6,8-11,20H,4,7,12-15H2,1H3,(H,27,28,29)/t20-/m1/s1. The number of fused-ring (bicyclic) bond motifs is 1. The number of carbonyl (C=O) groups is 1. The summed E-state index contributed by atoms with van der Waals surface area (Å²) in [4.78, 5) is 23.8. The van der Waals surface area contributed by atoms with Gasteiger partial charge >= 0.3 is 0 Å². The molecule has 33 heavy (non-hydrogen) atoms. The lowest BCUT2D eigenvalue weighted by atomic mass is 10.1. The molecule has 5 rings (SSSR count). The average molecular weight is 449 g/mol. The summed E-state index contributed by atoms with van der Waals surface area (Å²) in [5.74, 6) is 1.72. The smallest absolute Gasteiger partial charge is 0.249 e. The van der Waals surface area contributed by atoms with E-state index in [-0.39, 0.29) is 31.0 Å². The van der Waals surface area contributed by atoms with E-state index < -0.39 is 0 Å². The number of hydrogen-bond donors (Lipinski definition) is 1. The highest BCUT2D eigenvalue weighted by Crippen LogP contribution is 2.30. The minimum Gasteiger partial charge on any atom is -0.364 e. The Labute approximate surface area is 190 Å². The van der Waals surface area contributed by atoms with E-state index in [9.17, 15) is 9.18 Å². The van der Waals surface area contributed by atoms with Gasteiger partial charge in [0.2, 0.25) is 5.91 Å². The fourth-order valence-corrected chi connectivity index (χ4v) is 4.30. The zero-order chi connectivity index (χ0) is 22.8. The van der Waals surface area contributed by atoms with E-state index in [0.717, 1.165) is 35.3 Å². The van der Waals surface area contributed by atoms with Crippen molar-refractivity contribution in [1.29, 1.82) is 0 Å². The van der Waals surface area contributed by atoms with Crippen molar-refractivity contribution in [3.63, 3.8) is 0 Å². The Morgan fingerprint density at radius 3 is 2.82 bits per heavy atom. The number of rotatable bonds is 7. The van der Waals surface area contributed by atoms with Gasteiger partial charge in [0.1, 0.15) is 30.7 Å².